The molecule has 1 amide bonds. The highest BCUT2D eigenvalue weighted by molar-refractivity contribution is 5.94. The maximum atomic E-state index is 14.9. The maximum Gasteiger partial charge on any atom is 0.418 e. The van der Waals surface area contributed by atoms with E-state index in [1.807, 2.05) is 0 Å². The molecule has 1 fully saturated rings. The summed E-state index contributed by atoms with van der Waals surface area (Å²) in [6.07, 6.45) is -4.77. The summed E-state index contributed by atoms with van der Waals surface area (Å²) in [5, 5.41) is 2.54. The zero-order chi connectivity index (χ0) is 27.2. The number of pyridine rings is 2. The molecule has 2 N–H and O–H groups in total. The van der Waals surface area contributed by atoms with Gasteiger partial charge in [-0.05, 0) is 26.0 Å². The molecule has 37 heavy (non-hydrogen) atoms. The fourth-order valence-corrected chi connectivity index (χ4v) is 4.57. The summed E-state index contributed by atoms with van der Waals surface area (Å²) in [6.45, 7) is 6.46. The van der Waals surface area contributed by atoms with E-state index in [0.717, 1.165) is 18.3 Å². The van der Waals surface area contributed by atoms with E-state index in [2.05, 4.69) is 25.3 Å². The zero-order valence-electron chi connectivity index (χ0n) is 20.5. The van der Waals surface area contributed by atoms with E-state index >= 15 is 0 Å². The highest BCUT2D eigenvalue weighted by atomic mass is 19.4. The van der Waals surface area contributed by atoms with Gasteiger partial charge in [-0.1, -0.05) is 13.8 Å². The van der Waals surface area contributed by atoms with Crippen LogP contribution < -0.4 is 10.9 Å². The number of nitrogens with zero attached hydrogens (tertiary/aromatic N) is 4. The molecular weight excluding hydrogens is 499 g/mol. The molecule has 4 heterocycles. The number of amides is 1. The molecule has 13 heteroatoms. The molecule has 1 saturated heterocycles. The summed E-state index contributed by atoms with van der Waals surface area (Å²) in [4.78, 5) is 40.6. The van der Waals surface area contributed by atoms with Gasteiger partial charge in [-0.3, -0.25) is 9.59 Å². The lowest BCUT2D eigenvalue weighted by atomic mass is 9.89. The van der Waals surface area contributed by atoms with Gasteiger partial charge in [-0.2, -0.15) is 13.2 Å². The van der Waals surface area contributed by atoms with Crippen molar-refractivity contribution >= 4 is 22.8 Å². The number of halogens is 5. The number of carbonyl (C=O) groups excluding carboxylic acids is 1. The van der Waals surface area contributed by atoms with Crippen molar-refractivity contribution in [3.05, 3.63) is 57.1 Å². The number of fused-ring (bicyclic) bond motifs is 1. The van der Waals surface area contributed by atoms with E-state index < -0.39 is 52.7 Å². The van der Waals surface area contributed by atoms with Crippen LogP contribution in [0.1, 0.15) is 54.3 Å². The Morgan fingerprint density at radius 1 is 1.19 bits per heavy atom. The molecule has 3 atom stereocenters. The summed E-state index contributed by atoms with van der Waals surface area (Å²) >= 11 is 0. The maximum absolute atomic E-state index is 14.9. The van der Waals surface area contributed by atoms with Gasteiger partial charge in [-0.15, -0.1) is 0 Å². The van der Waals surface area contributed by atoms with E-state index in [-0.39, 0.29) is 47.3 Å². The van der Waals surface area contributed by atoms with Crippen molar-refractivity contribution in [2.24, 2.45) is 11.8 Å². The summed E-state index contributed by atoms with van der Waals surface area (Å²) in [5.74, 6) is -2.52. The Labute approximate surface area is 208 Å². The second-order valence-electron chi connectivity index (χ2n) is 9.47. The van der Waals surface area contributed by atoms with Gasteiger partial charge in [0.1, 0.15) is 12.0 Å². The third kappa shape index (κ3) is 5.25. The van der Waals surface area contributed by atoms with E-state index in [0.29, 0.717) is 0 Å². The first-order chi connectivity index (χ1) is 17.3. The number of piperidine rings is 1. The van der Waals surface area contributed by atoms with Crippen LogP contribution in [0.15, 0.2) is 23.1 Å². The lowest BCUT2D eigenvalue weighted by Gasteiger charge is -2.37. The van der Waals surface area contributed by atoms with Crippen LogP contribution in [0.4, 0.5) is 27.8 Å². The third-order valence-corrected chi connectivity index (χ3v) is 6.38. The van der Waals surface area contributed by atoms with E-state index in [9.17, 15) is 31.5 Å². The molecule has 3 aromatic heterocycles. The molecule has 0 aliphatic carbocycles. The average Bonchev–Trinajstić information content (AvgIpc) is 2.81. The van der Waals surface area contributed by atoms with Crippen molar-refractivity contribution in [1.29, 1.82) is 0 Å². The molecule has 198 valence electrons. The molecule has 0 spiro atoms. The quantitative estimate of drug-likeness (QED) is 0.490. The van der Waals surface area contributed by atoms with Gasteiger partial charge in [0, 0.05) is 31.1 Å². The molecule has 0 bridgehead atoms. The van der Waals surface area contributed by atoms with Crippen molar-refractivity contribution in [2.75, 3.05) is 18.4 Å². The van der Waals surface area contributed by atoms with Crippen molar-refractivity contribution in [1.82, 2.24) is 24.8 Å². The monoisotopic (exact) mass is 524 g/mol. The molecule has 1 aliphatic heterocycles. The molecule has 3 aromatic rings. The largest absolute Gasteiger partial charge is 0.418 e. The summed E-state index contributed by atoms with van der Waals surface area (Å²) < 4.78 is 70.5. The molecule has 1 aliphatic rings. The summed E-state index contributed by atoms with van der Waals surface area (Å²) in [6, 6.07) is 0.430. The smallest absolute Gasteiger partial charge is 0.360 e. The van der Waals surface area contributed by atoms with Gasteiger partial charge < -0.3 is 15.2 Å². The SMILES string of the molecule is Cc1nc2cc(C(F)(F)F)c(C(C)Nc3ncc(C(=O)N4CC(C)C(F)C(C)C4)cc3F)nc2c(=O)[nH]1. The zero-order valence-corrected chi connectivity index (χ0v) is 20.5. The number of nitrogens with one attached hydrogen (secondary N) is 2. The fraction of sp³-hybridized carbons (Fsp3) is 0.458. The van der Waals surface area contributed by atoms with E-state index in [1.165, 1.54) is 18.7 Å². The van der Waals surface area contributed by atoms with Crippen LogP contribution in [0.5, 0.6) is 0 Å². The first kappa shape index (κ1) is 26.4. The second-order valence-corrected chi connectivity index (χ2v) is 9.47. The number of hydrogen-bond acceptors (Lipinski definition) is 6. The van der Waals surface area contributed by atoms with Gasteiger partial charge in [0.15, 0.2) is 17.2 Å². The number of aromatic amines is 1. The predicted molar refractivity (Wildman–Crippen MR) is 125 cm³/mol. The first-order valence-electron chi connectivity index (χ1n) is 11.6. The van der Waals surface area contributed by atoms with Crippen LogP contribution in [0.2, 0.25) is 0 Å². The summed E-state index contributed by atoms with van der Waals surface area (Å²) in [7, 11) is 0. The minimum Gasteiger partial charge on any atom is -0.360 e. The Kier molecular flexibility index (Phi) is 6.91. The van der Waals surface area contributed by atoms with Crippen LogP contribution in [0.25, 0.3) is 11.0 Å². The topological polar surface area (TPSA) is 104 Å². The number of aryl methyl sites for hydroxylation is 1. The molecular formula is C24H25F5N6O2. The number of rotatable bonds is 4. The molecule has 0 aromatic carbocycles. The van der Waals surface area contributed by atoms with Crippen molar-refractivity contribution in [3.63, 3.8) is 0 Å². The van der Waals surface area contributed by atoms with Gasteiger partial charge in [-0.25, -0.2) is 23.7 Å². The third-order valence-electron chi connectivity index (χ3n) is 6.38. The van der Waals surface area contributed by atoms with E-state index in [4.69, 9.17) is 0 Å². The van der Waals surface area contributed by atoms with Gasteiger partial charge in [0.05, 0.1) is 28.4 Å². The Morgan fingerprint density at radius 2 is 1.84 bits per heavy atom. The van der Waals surface area contributed by atoms with Crippen LogP contribution in [0, 0.1) is 24.6 Å². The molecule has 4 rings (SSSR count). The Balaban J connectivity index is 1.62. The fourth-order valence-electron chi connectivity index (χ4n) is 4.57. The minimum atomic E-state index is -4.83. The normalized spacial score (nSPS) is 21.2. The second kappa shape index (κ2) is 9.67. The van der Waals surface area contributed by atoms with Gasteiger partial charge in [0.2, 0.25) is 0 Å². The summed E-state index contributed by atoms with van der Waals surface area (Å²) in [5.41, 5.74) is -2.98. The lowest BCUT2D eigenvalue weighted by Crippen LogP contribution is -2.48. The van der Waals surface area contributed by atoms with Gasteiger partial charge >= 0.3 is 6.18 Å². The van der Waals surface area contributed by atoms with Crippen molar-refractivity contribution in [2.45, 2.75) is 46.1 Å². The highest BCUT2D eigenvalue weighted by Gasteiger charge is 2.37. The van der Waals surface area contributed by atoms with Crippen LogP contribution >= 0.6 is 0 Å². The first-order valence-corrected chi connectivity index (χ1v) is 11.6. The molecule has 0 radical (unpaired) electrons. The van der Waals surface area contributed by atoms with E-state index in [1.54, 1.807) is 13.8 Å². The van der Waals surface area contributed by atoms with Crippen LogP contribution in [-0.4, -0.2) is 50.0 Å². The Morgan fingerprint density at radius 3 is 2.43 bits per heavy atom. The van der Waals surface area contributed by atoms with Crippen molar-refractivity contribution < 1.29 is 26.7 Å². The number of hydrogen-bond donors (Lipinski definition) is 2. The highest BCUT2D eigenvalue weighted by Crippen LogP contribution is 2.36. The van der Waals surface area contributed by atoms with Crippen molar-refractivity contribution in [3.8, 4) is 0 Å². The predicted octanol–water partition coefficient (Wildman–Crippen LogP) is 4.42. The lowest BCUT2D eigenvalue weighted by molar-refractivity contribution is -0.138. The minimum absolute atomic E-state index is 0.0693. The average molecular weight is 524 g/mol. The molecule has 0 saturated carbocycles. The number of aromatic nitrogens is 4. The standard InChI is InChI=1S/C24H25F5N6O2/c1-10-8-35(9-11(2)18(10)26)23(37)14-5-16(25)21(30-7-14)31-12(3)19-15(24(27,28)29)6-17-20(34-19)22(36)33-13(4)32-17/h5-7,10-12,18H,8-9H2,1-4H3,(H,30,31)(H,32,33,36). The number of alkyl halides is 4. The number of likely N-dealkylation sites (tertiary alicyclic amines) is 1. The molecule has 3 unspecified atom stereocenters. The van der Waals surface area contributed by atoms with Crippen LogP contribution in [0.3, 0.4) is 0 Å². The number of H-pyrrole nitrogens is 1. The number of anilines is 1. The number of carbonyl (C=O) groups is 1. The van der Waals surface area contributed by atoms with Crippen LogP contribution in [-0.2, 0) is 6.18 Å². The Bertz CT molecular complexity index is 1400. The van der Waals surface area contributed by atoms with Gasteiger partial charge in [0.25, 0.3) is 11.5 Å². The molecule has 8 nitrogen and oxygen atoms in total. The Hall–Kier alpha value is -3.64.